The lowest BCUT2D eigenvalue weighted by Gasteiger charge is -2.18. The number of aromatic nitrogens is 4. The summed E-state index contributed by atoms with van der Waals surface area (Å²) in [5, 5.41) is 0. The third-order valence-corrected chi connectivity index (χ3v) is 5.32. The quantitative estimate of drug-likeness (QED) is 0.481. The first-order valence-corrected chi connectivity index (χ1v) is 10.0. The molecule has 2 aromatic heterocycles. The number of hydrogen-bond donors (Lipinski definition) is 0. The average molecular weight is 417 g/mol. The van der Waals surface area contributed by atoms with Crippen LogP contribution in [-0.2, 0) is 24.4 Å². The fourth-order valence-corrected chi connectivity index (χ4v) is 3.56. The van der Waals surface area contributed by atoms with Gasteiger partial charge in [0.05, 0.1) is 12.9 Å². The topological polar surface area (TPSA) is 82.1 Å². The maximum Gasteiger partial charge on any atom is 0.333 e. The lowest BCUT2D eigenvalue weighted by molar-refractivity contribution is -0.119. The summed E-state index contributed by atoms with van der Waals surface area (Å²) in [6, 6.07) is 18.6. The number of carbonyl (C=O) groups excluding carboxylic acids is 1. The van der Waals surface area contributed by atoms with E-state index in [4.69, 9.17) is 0 Å². The van der Waals surface area contributed by atoms with Crippen molar-refractivity contribution in [1.82, 2.24) is 18.7 Å². The molecule has 2 aromatic carbocycles. The molecule has 0 aliphatic carbocycles. The van der Waals surface area contributed by atoms with Gasteiger partial charge in [-0.1, -0.05) is 48.5 Å². The first-order valence-electron chi connectivity index (χ1n) is 10.0. The number of anilines is 1. The zero-order chi connectivity index (χ0) is 22.0. The minimum absolute atomic E-state index is 0.250. The van der Waals surface area contributed by atoms with Gasteiger partial charge in [0.25, 0.3) is 5.56 Å². The Kier molecular flexibility index (Phi) is 5.53. The maximum absolute atomic E-state index is 13.3. The summed E-state index contributed by atoms with van der Waals surface area (Å²) < 4.78 is 4.15. The molecule has 4 rings (SSSR count). The van der Waals surface area contributed by atoms with E-state index in [1.165, 1.54) is 9.47 Å². The van der Waals surface area contributed by atoms with Gasteiger partial charge in [0.1, 0.15) is 6.54 Å². The fraction of sp³-hybridized carbons (Fsp3) is 0.217. The fourth-order valence-electron chi connectivity index (χ4n) is 3.56. The first-order chi connectivity index (χ1) is 15.0. The van der Waals surface area contributed by atoms with Crippen molar-refractivity contribution >= 4 is 22.8 Å². The summed E-state index contributed by atoms with van der Waals surface area (Å²) in [5.74, 6) is -0.362. The van der Waals surface area contributed by atoms with Crippen LogP contribution in [-0.4, -0.2) is 31.6 Å². The molecular weight excluding hydrogens is 394 g/mol. The standard InChI is InChI=1S/C23H23N5O3/c1-3-26-16-24-21-20(26)22(30)28(15-19(29)25(2)18-12-8-5-9-13-18)23(31)27(21)14-17-10-6-4-7-11-17/h4-13,16H,3,14-15H2,1-2H3. The molecule has 4 aromatic rings. The van der Waals surface area contributed by atoms with Crippen LogP contribution in [0.1, 0.15) is 12.5 Å². The van der Waals surface area contributed by atoms with Crippen LogP contribution in [0.15, 0.2) is 76.6 Å². The second-order valence-corrected chi connectivity index (χ2v) is 7.24. The summed E-state index contributed by atoms with van der Waals surface area (Å²) in [7, 11) is 1.63. The van der Waals surface area contributed by atoms with E-state index >= 15 is 0 Å². The number of amides is 1. The number of aryl methyl sites for hydroxylation is 1. The Morgan fingerprint density at radius 1 is 0.968 bits per heavy atom. The van der Waals surface area contributed by atoms with E-state index in [1.54, 1.807) is 30.1 Å². The van der Waals surface area contributed by atoms with E-state index in [0.29, 0.717) is 23.4 Å². The van der Waals surface area contributed by atoms with Crippen LogP contribution in [0.2, 0.25) is 0 Å². The lowest BCUT2D eigenvalue weighted by Crippen LogP contribution is -2.44. The highest BCUT2D eigenvalue weighted by Gasteiger charge is 2.21. The molecule has 1 amide bonds. The van der Waals surface area contributed by atoms with E-state index in [1.807, 2.05) is 55.5 Å². The Morgan fingerprint density at radius 2 is 1.61 bits per heavy atom. The lowest BCUT2D eigenvalue weighted by atomic mass is 10.2. The number of hydrogen-bond acceptors (Lipinski definition) is 4. The van der Waals surface area contributed by atoms with Crippen LogP contribution >= 0.6 is 0 Å². The minimum atomic E-state index is -0.558. The molecule has 2 heterocycles. The molecule has 0 radical (unpaired) electrons. The zero-order valence-electron chi connectivity index (χ0n) is 17.4. The third kappa shape index (κ3) is 3.79. The van der Waals surface area contributed by atoms with E-state index in [-0.39, 0.29) is 19.0 Å². The second kappa shape index (κ2) is 8.43. The Balaban J connectivity index is 1.82. The van der Waals surface area contributed by atoms with Crippen LogP contribution < -0.4 is 16.1 Å². The molecule has 0 N–H and O–H groups in total. The van der Waals surface area contributed by atoms with Crippen molar-refractivity contribution < 1.29 is 4.79 Å². The number of fused-ring (bicyclic) bond motifs is 1. The van der Waals surface area contributed by atoms with Crippen molar-refractivity contribution in [2.75, 3.05) is 11.9 Å². The second-order valence-electron chi connectivity index (χ2n) is 7.24. The maximum atomic E-state index is 13.3. The molecule has 0 aliphatic heterocycles. The molecule has 0 fully saturated rings. The molecular formula is C23H23N5O3. The van der Waals surface area contributed by atoms with Gasteiger partial charge < -0.3 is 9.47 Å². The largest absolute Gasteiger partial charge is 0.333 e. The van der Waals surface area contributed by atoms with Crippen LogP contribution in [0.4, 0.5) is 5.69 Å². The highest BCUT2D eigenvalue weighted by molar-refractivity contribution is 5.92. The van der Waals surface area contributed by atoms with Crippen LogP contribution in [0.25, 0.3) is 11.2 Å². The molecule has 8 heteroatoms. The predicted molar refractivity (Wildman–Crippen MR) is 119 cm³/mol. The van der Waals surface area contributed by atoms with Gasteiger partial charge in [-0.25, -0.2) is 14.3 Å². The van der Waals surface area contributed by atoms with Gasteiger partial charge in [0.2, 0.25) is 5.91 Å². The zero-order valence-corrected chi connectivity index (χ0v) is 17.4. The Bertz CT molecular complexity index is 1340. The van der Waals surface area contributed by atoms with E-state index in [0.717, 1.165) is 10.1 Å². The third-order valence-electron chi connectivity index (χ3n) is 5.32. The number of imidazole rings is 1. The van der Waals surface area contributed by atoms with Gasteiger partial charge >= 0.3 is 5.69 Å². The SMILES string of the molecule is CCn1cnc2c1c(=O)n(CC(=O)N(C)c1ccccc1)c(=O)n2Cc1ccccc1. The summed E-state index contributed by atoms with van der Waals surface area (Å²) >= 11 is 0. The number of nitrogens with zero attached hydrogens (tertiary/aromatic N) is 5. The summed E-state index contributed by atoms with van der Waals surface area (Å²) in [4.78, 5) is 45.2. The molecule has 0 spiro atoms. The number of carbonyl (C=O) groups is 1. The first kappa shape index (κ1) is 20.3. The number of para-hydroxylation sites is 1. The number of likely N-dealkylation sites (N-methyl/N-ethyl adjacent to an activating group) is 1. The van der Waals surface area contributed by atoms with Crippen LogP contribution in [0.5, 0.6) is 0 Å². The Hall–Kier alpha value is -3.94. The van der Waals surface area contributed by atoms with Gasteiger partial charge in [-0.05, 0) is 24.6 Å². The van der Waals surface area contributed by atoms with Gasteiger partial charge in [-0.2, -0.15) is 0 Å². The van der Waals surface area contributed by atoms with Crippen LogP contribution in [0.3, 0.4) is 0 Å². The average Bonchev–Trinajstić information content (AvgIpc) is 3.24. The van der Waals surface area contributed by atoms with Crippen molar-refractivity contribution in [3.8, 4) is 0 Å². The normalized spacial score (nSPS) is 11.0. The van der Waals surface area contributed by atoms with E-state index in [9.17, 15) is 14.4 Å². The summed E-state index contributed by atoms with van der Waals surface area (Å²) in [6.07, 6.45) is 1.55. The summed E-state index contributed by atoms with van der Waals surface area (Å²) in [5.41, 5.74) is 1.14. The smallest absolute Gasteiger partial charge is 0.325 e. The van der Waals surface area contributed by atoms with E-state index in [2.05, 4.69) is 4.98 Å². The monoisotopic (exact) mass is 417 g/mol. The molecule has 0 atom stereocenters. The van der Waals surface area contributed by atoms with Gasteiger partial charge in [-0.3, -0.25) is 14.2 Å². The molecule has 0 saturated heterocycles. The van der Waals surface area contributed by atoms with E-state index < -0.39 is 11.2 Å². The summed E-state index contributed by atoms with van der Waals surface area (Å²) in [6.45, 7) is 2.31. The van der Waals surface area contributed by atoms with Crippen molar-refractivity contribution in [1.29, 1.82) is 0 Å². The molecule has 31 heavy (non-hydrogen) atoms. The minimum Gasteiger partial charge on any atom is -0.325 e. The molecule has 0 unspecified atom stereocenters. The van der Waals surface area contributed by atoms with Crippen molar-refractivity contribution in [3.63, 3.8) is 0 Å². The van der Waals surface area contributed by atoms with Crippen molar-refractivity contribution in [2.45, 2.75) is 26.6 Å². The van der Waals surface area contributed by atoms with Crippen molar-refractivity contribution in [3.05, 3.63) is 93.4 Å². The molecule has 8 nitrogen and oxygen atoms in total. The van der Waals surface area contributed by atoms with Crippen LogP contribution in [0, 0.1) is 0 Å². The highest BCUT2D eigenvalue weighted by atomic mass is 16.2. The molecule has 158 valence electrons. The number of benzene rings is 2. The Morgan fingerprint density at radius 3 is 2.26 bits per heavy atom. The highest BCUT2D eigenvalue weighted by Crippen LogP contribution is 2.12. The predicted octanol–water partition coefficient (Wildman–Crippen LogP) is 2.09. The Labute approximate surface area is 178 Å². The van der Waals surface area contributed by atoms with Gasteiger partial charge in [-0.15, -0.1) is 0 Å². The molecule has 0 bridgehead atoms. The molecule has 0 aliphatic rings. The van der Waals surface area contributed by atoms with Crippen molar-refractivity contribution in [2.24, 2.45) is 0 Å². The molecule has 0 saturated carbocycles. The van der Waals surface area contributed by atoms with Gasteiger partial charge in [0.15, 0.2) is 11.2 Å². The van der Waals surface area contributed by atoms with Gasteiger partial charge in [0, 0.05) is 19.3 Å². The number of rotatable bonds is 6.